The van der Waals surface area contributed by atoms with Gasteiger partial charge in [-0.05, 0) is 37.7 Å². The molecule has 0 aromatic carbocycles. The number of hydrogen-bond acceptors (Lipinski definition) is 4. The van der Waals surface area contributed by atoms with Crippen LogP contribution in [0.2, 0.25) is 0 Å². The number of nitrogens with zero attached hydrogens (tertiary/aromatic N) is 1. The van der Waals surface area contributed by atoms with Crippen LogP contribution in [0.3, 0.4) is 0 Å². The highest BCUT2D eigenvalue weighted by molar-refractivity contribution is 7.97. The van der Waals surface area contributed by atoms with E-state index < -0.39 is 0 Å². The molecule has 0 unspecified atom stereocenters. The van der Waals surface area contributed by atoms with E-state index in [2.05, 4.69) is 0 Å². The Morgan fingerprint density at radius 2 is 2.17 bits per heavy atom. The molecule has 0 spiro atoms. The molecule has 102 valence electrons. The summed E-state index contributed by atoms with van der Waals surface area (Å²) < 4.78 is 5.48. The van der Waals surface area contributed by atoms with Crippen LogP contribution in [0.5, 0.6) is 0 Å². The first-order chi connectivity index (χ1) is 8.69. The SMILES string of the molecule is CSCc1ccc(C(=O)N(C)CCCCCO)o1. The van der Waals surface area contributed by atoms with Gasteiger partial charge >= 0.3 is 0 Å². The van der Waals surface area contributed by atoms with E-state index in [-0.39, 0.29) is 12.5 Å². The van der Waals surface area contributed by atoms with Crippen molar-refractivity contribution in [3.63, 3.8) is 0 Å². The van der Waals surface area contributed by atoms with Crippen molar-refractivity contribution >= 4 is 17.7 Å². The van der Waals surface area contributed by atoms with Crippen LogP contribution in [-0.2, 0) is 5.75 Å². The lowest BCUT2D eigenvalue weighted by atomic mass is 10.2. The maximum absolute atomic E-state index is 12.0. The molecule has 0 atom stereocenters. The third-order valence-electron chi connectivity index (χ3n) is 2.66. The molecule has 0 bridgehead atoms. The largest absolute Gasteiger partial charge is 0.455 e. The number of unbranched alkanes of at least 4 members (excludes halogenated alkanes) is 2. The Bertz CT molecular complexity index is 365. The van der Waals surface area contributed by atoms with Crippen LogP contribution in [0.4, 0.5) is 0 Å². The number of amides is 1. The molecule has 0 radical (unpaired) electrons. The summed E-state index contributed by atoms with van der Waals surface area (Å²) in [6.45, 7) is 0.908. The van der Waals surface area contributed by atoms with E-state index >= 15 is 0 Å². The summed E-state index contributed by atoms with van der Waals surface area (Å²) >= 11 is 1.67. The third-order valence-corrected chi connectivity index (χ3v) is 3.23. The summed E-state index contributed by atoms with van der Waals surface area (Å²) in [7, 11) is 1.78. The Morgan fingerprint density at radius 1 is 1.39 bits per heavy atom. The minimum absolute atomic E-state index is 0.0775. The maximum Gasteiger partial charge on any atom is 0.289 e. The van der Waals surface area contributed by atoms with Gasteiger partial charge < -0.3 is 14.4 Å². The predicted octanol–water partition coefficient (Wildman–Crippen LogP) is 2.38. The highest BCUT2D eigenvalue weighted by Gasteiger charge is 2.15. The molecule has 0 aliphatic rings. The number of aliphatic hydroxyl groups excluding tert-OH is 1. The molecular weight excluding hydrogens is 250 g/mol. The molecule has 0 aliphatic carbocycles. The molecule has 1 rings (SSSR count). The van der Waals surface area contributed by atoms with Gasteiger partial charge in [-0.25, -0.2) is 0 Å². The lowest BCUT2D eigenvalue weighted by Crippen LogP contribution is -2.27. The standard InChI is InChI=1S/C13H21NO3S/c1-14(8-4-3-5-9-15)13(16)12-7-6-11(17-12)10-18-2/h6-7,15H,3-5,8-10H2,1-2H3. The lowest BCUT2D eigenvalue weighted by Gasteiger charge is -2.15. The van der Waals surface area contributed by atoms with Gasteiger partial charge in [0.05, 0.1) is 5.75 Å². The summed E-state index contributed by atoms with van der Waals surface area (Å²) in [5.74, 6) is 1.95. The van der Waals surface area contributed by atoms with E-state index in [1.165, 1.54) is 0 Å². The minimum Gasteiger partial charge on any atom is -0.455 e. The molecule has 5 heteroatoms. The monoisotopic (exact) mass is 271 g/mol. The third kappa shape index (κ3) is 4.74. The van der Waals surface area contributed by atoms with Gasteiger partial charge in [-0.15, -0.1) is 0 Å². The maximum atomic E-state index is 12.0. The number of aliphatic hydroxyl groups is 1. The zero-order valence-electron chi connectivity index (χ0n) is 11.0. The molecule has 0 aliphatic heterocycles. The Hall–Kier alpha value is -0.940. The van der Waals surface area contributed by atoms with Crippen molar-refractivity contribution in [2.24, 2.45) is 0 Å². The highest BCUT2D eigenvalue weighted by Crippen LogP contribution is 2.15. The van der Waals surface area contributed by atoms with Crippen LogP contribution in [0.15, 0.2) is 16.5 Å². The molecule has 1 aromatic heterocycles. The second kappa shape index (κ2) is 8.21. The fraction of sp³-hybridized carbons (Fsp3) is 0.615. The van der Waals surface area contributed by atoms with Crippen LogP contribution in [-0.4, -0.2) is 42.4 Å². The molecule has 18 heavy (non-hydrogen) atoms. The van der Waals surface area contributed by atoms with Crippen LogP contribution in [0.1, 0.15) is 35.6 Å². The second-order valence-electron chi connectivity index (χ2n) is 4.21. The molecule has 1 heterocycles. The number of carbonyl (C=O) groups excluding carboxylic acids is 1. The van der Waals surface area contributed by atoms with Crippen molar-refractivity contribution in [2.45, 2.75) is 25.0 Å². The van der Waals surface area contributed by atoms with Gasteiger partial charge in [-0.1, -0.05) is 0 Å². The Morgan fingerprint density at radius 3 is 2.83 bits per heavy atom. The molecule has 4 nitrogen and oxygen atoms in total. The van der Waals surface area contributed by atoms with Gasteiger partial charge in [0.2, 0.25) is 0 Å². The molecular formula is C13H21NO3S. The number of carbonyl (C=O) groups is 1. The van der Waals surface area contributed by atoms with Crippen LogP contribution in [0.25, 0.3) is 0 Å². The summed E-state index contributed by atoms with van der Waals surface area (Å²) in [5.41, 5.74) is 0. The van der Waals surface area contributed by atoms with E-state index in [1.807, 2.05) is 12.3 Å². The minimum atomic E-state index is -0.0775. The normalized spacial score (nSPS) is 10.6. The van der Waals surface area contributed by atoms with Crippen molar-refractivity contribution < 1.29 is 14.3 Å². The van der Waals surface area contributed by atoms with E-state index in [0.29, 0.717) is 12.3 Å². The predicted molar refractivity (Wildman–Crippen MR) is 73.8 cm³/mol. The molecule has 1 aromatic rings. The zero-order chi connectivity index (χ0) is 13.4. The number of rotatable bonds is 8. The number of hydrogen-bond donors (Lipinski definition) is 1. The number of thioether (sulfide) groups is 1. The zero-order valence-corrected chi connectivity index (χ0v) is 11.8. The van der Waals surface area contributed by atoms with Crippen molar-refractivity contribution in [3.05, 3.63) is 23.7 Å². The summed E-state index contributed by atoms with van der Waals surface area (Å²) in [5, 5.41) is 8.67. The topological polar surface area (TPSA) is 53.7 Å². The van der Waals surface area contributed by atoms with Crippen LogP contribution >= 0.6 is 11.8 Å². The molecule has 1 N–H and O–H groups in total. The Kier molecular flexibility index (Phi) is 6.90. The van der Waals surface area contributed by atoms with Gasteiger partial charge in [0.25, 0.3) is 5.91 Å². The van der Waals surface area contributed by atoms with Gasteiger partial charge in [-0.2, -0.15) is 11.8 Å². The number of furan rings is 1. The van der Waals surface area contributed by atoms with Crippen molar-refractivity contribution in [3.8, 4) is 0 Å². The lowest BCUT2D eigenvalue weighted by molar-refractivity contribution is 0.0759. The van der Waals surface area contributed by atoms with Crippen molar-refractivity contribution in [1.82, 2.24) is 4.90 Å². The fourth-order valence-electron chi connectivity index (χ4n) is 1.64. The first-order valence-corrected chi connectivity index (χ1v) is 7.52. The molecule has 1 amide bonds. The second-order valence-corrected chi connectivity index (χ2v) is 5.08. The molecule has 0 saturated carbocycles. The summed E-state index contributed by atoms with van der Waals surface area (Å²) in [4.78, 5) is 13.7. The van der Waals surface area contributed by atoms with Crippen molar-refractivity contribution in [2.75, 3.05) is 26.5 Å². The van der Waals surface area contributed by atoms with Crippen LogP contribution < -0.4 is 0 Å². The molecule has 0 saturated heterocycles. The van der Waals surface area contributed by atoms with Crippen LogP contribution in [0, 0.1) is 0 Å². The molecule has 0 fully saturated rings. The highest BCUT2D eigenvalue weighted by atomic mass is 32.2. The van der Waals surface area contributed by atoms with E-state index in [9.17, 15) is 4.79 Å². The van der Waals surface area contributed by atoms with Gasteiger partial charge in [0.15, 0.2) is 5.76 Å². The smallest absolute Gasteiger partial charge is 0.289 e. The van der Waals surface area contributed by atoms with E-state index in [1.54, 1.807) is 29.8 Å². The average Bonchev–Trinajstić information content (AvgIpc) is 2.82. The Labute approximate surface area is 112 Å². The van der Waals surface area contributed by atoms with E-state index in [0.717, 1.165) is 30.8 Å². The van der Waals surface area contributed by atoms with Gasteiger partial charge in [0, 0.05) is 20.2 Å². The first kappa shape index (κ1) is 15.1. The van der Waals surface area contributed by atoms with E-state index in [4.69, 9.17) is 9.52 Å². The fourth-order valence-corrected chi connectivity index (χ4v) is 2.08. The summed E-state index contributed by atoms with van der Waals surface area (Å²) in [6, 6.07) is 3.58. The Balaban J connectivity index is 2.41. The van der Waals surface area contributed by atoms with Crippen molar-refractivity contribution in [1.29, 1.82) is 0 Å². The van der Waals surface area contributed by atoms with Gasteiger partial charge in [0.1, 0.15) is 5.76 Å². The summed E-state index contributed by atoms with van der Waals surface area (Å²) in [6.07, 6.45) is 4.63. The van der Waals surface area contributed by atoms with Gasteiger partial charge in [-0.3, -0.25) is 4.79 Å². The first-order valence-electron chi connectivity index (χ1n) is 6.13. The average molecular weight is 271 g/mol. The quantitative estimate of drug-likeness (QED) is 0.738.